The number of methoxy groups -OCH3 is 2. The number of carbonyl (C=O) groups is 3. The van der Waals surface area contributed by atoms with Crippen LogP contribution in [0.25, 0.3) is 16.6 Å². The van der Waals surface area contributed by atoms with Gasteiger partial charge in [0.2, 0.25) is 11.8 Å². The lowest BCUT2D eigenvalue weighted by Gasteiger charge is -2.20. The summed E-state index contributed by atoms with van der Waals surface area (Å²) in [5.41, 5.74) is 3.99. The molecule has 0 radical (unpaired) electrons. The highest BCUT2D eigenvalue weighted by atomic mass is 16.5. The van der Waals surface area contributed by atoms with Gasteiger partial charge in [0, 0.05) is 30.5 Å². The van der Waals surface area contributed by atoms with Crippen molar-refractivity contribution >= 4 is 34.2 Å². The number of aromatic amines is 1. The molecule has 4 N–H and O–H groups in total. The summed E-state index contributed by atoms with van der Waals surface area (Å²) in [6, 6.07) is 7.07. The van der Waals surface area contributed by atoms with E-state index in [0.29, 0.717) is 13.0 Å². The maximum absolute atomic E-state index is 12.7. The minimum atomic E-state index is -0.762. The summed E-state index contributed by atoms with van der Waals surface area (Å²) < 4.78 is 10.4. The van der Waals surface area contributed by atoms with E-state index >= 15 is 0 Å². The number of rotatable bonds is 11. The Morgan fingerprint density at radius 2 is 2.06 bits per heavy atom. The fraction of sp³-hybridized carbons (Fsp3) is 0.458. The van der Waals surface area contributed by atoms with Gasteiger partial charge in [-0.05, 0) is 49.5 Å². The monoisotopic (exact) mass is 454 g/mol. The number of carbonyl (C=O) groups excluding carboxylic acids is 3. The highest BCUT2D eigenvalue weighted by Gasteiger charge is 2.31. The fourth-order valence-electron chi connectivity index (χ4n) is 4.25. The average Bonchev–Trinajstić information content (AvgIpc) is 3.41. The van der Waals surface area contributed by atoms with E-state index in [1.807, 2.05) is 24.3 Å². The predicted molar refractivity (Wildman–Crippen MR) is 124 cm³/mol. The zero-order chi connectivity index (χ0) is 23.4. The topological polar surface area (TPSA) is 122 Å². The molecule has 1 saturated carbocycles. The van der Waals surface area contributed by atoms with Gasteiger partial charge in [-0.1, -0.05) is 6.07 Å². The molecule has 1 saturated heterocycles. The Kier molecular flexibility index (Phi) is 6.98. The summed E-state index contributed by atoms with van der Waals surface area (Å²) in [6.07, 6.45) is 2.88. The largest absolute Gasteiger partial charge is 0.496 e. The molecule has 2 unspecified atom stereocenters. The normalized spacial score (nSPS) is 18.1. The molecule has 0 bridgehead atoms. The third kappa shape index (κ3) is 5.36. The molecular formula is C24H30N4O5. The summed E-state index contributed by atoms with van der Waals surface area (Å²) in [5, 5.41) is 9.79. The van der Waals surface area contributed by atoms with E-state index in [9.17, 15) is 14.4 Å². The summed E-state index contributed by atoms with van der Waals surface area (Å²) in [4.78, 5) is 40.6. The molecule has 1 aromatic heterocycles. The number of amides is 2. The number of hydrogen-bond donors (Lipinski definition) is 4. The first-order valence-electron chi connectivity index (χ1n) is 11.2. The Hall–Kier alpha value is -3.33. The Bertz CT molecular complexity index is 1080. The molecule has 2 atom stereocenters. The molecular weight excluding hydrogens is 424 g/mol. The van der Waals surface area contributed by atoms with E-state index in [0.717, 1.165) is 40.9 Å². The van der Waals surface area contributed by atoms with Gasteiger partial charge in [0.05, 0.1) is 31.1 Å². The highest BCUT2D eigenvalue weighted by Crippen LogP contribution is 2.36. The van der Waals surface area contributed by atoms with Crippen molar-refractivity contribution in [3.63, 3.8) is 0 Å². The first-order chi connectivity index (χ1) is 16.0. The van der Waals surface area contributed by atoms with Crippen LogP contribution in [0.2, 0.25) is 0 Å². The number of benzene rings is 1. The molecule has 1 aliphatic heterocycles. The minimum Gasteiger partial charge on any atom is -0.496 e. The van der Waals surface area contributed by atoms with Crippen molar-refractivity contribution in [1.82, 2.24) is 20.9 Å². The van der Waals surface area contributed by atoms with Crippen molar-refractivity contribution in [2.75, 3.05) is 33.9 Å². The number of nitrogens with one attached hydrogen (secondary N) is 4. The van der Waals surface area contributed by atoms with Crippen LogP contribution >= 0.6 is 0 Å². The zero-order valence-electron chi connectivity index (χ0n) is 19.0. The van der Waals surface area contributed by atoms with Crippen molar-refractivity contribution in [3.05, 3.63) is 35.5 Å². The van der Waals surface area contributed by atoms with Gasteiger partial charge in [-0.2, -0.15) is 0 Å². The van der Waals surface area contributed by atoms with E-state index in [-0.39, 0.29) is 43.1 Å². The second kappa shape index (κ2) is 10.1. The molecule has 1 aliphatic carbocycles. The lowest BCUT2D eigenvalue weighted by atomic mass is 9.96. The molecule has 2 fully saturated rings. The lowest BCUT2D eigenvalue weighted by Crippen LogP contribution is -2.47. The third-order valence-corrected chi connectivity index (χ3v) is 6.09. The van der Waals surface area contributed by atoms with Crippen LogP contribution in [0.15, 0.2) is 29.8 Å². The summed E-state index contributed by atoms with van der Waals surface area (Å²) >= 11 is 0. The molecule has 33 heavy (non-hydrogen) atoms. The van der Waals surface area contributed by atoms with Crippen LogP contribution in [-0.4, -0.2) is 62.5 Å². The van der Waals surface area contributed by atoms with Crippen LogP contribution < -0.4 is 20.7 Å². The number of ether oxygens (including phenoxy) is 2. The molecule has 2 aromatic rings. The number of aromatic nitrogens is 1. The Morgan fingerprint density at radius 1 is 1.24 bits per heavy atom. The molecule has 2 heterocycles. The molecule has 0 spiro atoms. The number of H-pyrrole nitrogens is 1. The number of allylic oxidation sites excluding steroid dienone is 1. The quantitative estimate of drug-likeness (QED) is 0.408. The van der Waals surface area contributed by atoms with Crippen molar-refractivity contribution in [2.24, 2.45) is 5.92 Å². The van der Waals surface area contributed by atoms with Crippen molar-refractivity contribution < 1.29 is 23.9 Å². The number of fused-ring (bicyclic) bond motifs is 1. The second-order valence-corrected chi connectivity index (χ2v) is 8.47. The van der Waals surface area contributed by atoms with Crippen LogP contribution in [-0.2, 0) is 19.1 Å². The standard InChI is InChI=1S/C24H30N4O5/c1-32-13-20(29)18(10-15-8-9-25-24(15)31)28-22(30)12-26-23(14-6-7-14)19-11-16-17(27-19)4-3-5-21(16)33-2/h3-5,11,15,18,26-27H,6-10,12-13H2,1-2H3,(H,25,31)(H,28,30). The second-order valence-electron chi connectivity index (χ2n) is 8.47. The smallest absolute Gasteiger partial charge is 0.239 e. The average molecular weight is 455 g/mol. The van der Waals surface area contributed by atoms with Crippen molar-refractivity contribution in [1.29, 1.82) is 0 Å². The van der Waals surface area contributed by atoms with E-state index in [2.05, 4.69) is 20.9 Å². The molecule has 9 heteroatoms. The van der Waals surface area contributed by atoms with Crippen LogP contribution in [0.3, 0.4) is 0 Å². The van der Waals surface area contributed by atoms with Crippen LogP contribution in [0, 0.1) is 5.92 Å². The van der Waals surface area contributed by atoms with E-state index in [1.165, 1.54) is 12.7 Å². The van der Waals surface area contributed by atoms with Gasteiger partial charge in [-0.25, -0.2) is 0 Å². The predicted octanol–water partition coefficient (Wildman–Crippen LogP) is 1.50. The number of hydrogen-bond acceptors (Lipinski definition) is 6. The first kappa shape index (κ1) is 22.8. The van der Waals surface area contributed by atoms with Crippen LogP contribution in [0.1, 0.15) is 31.4 Å². The Labute approximate surface area is 192 Å². The Balaban J connectivity index is 1.43. The molecule has 176 valence electrons. The van der Waals surface area contributed by atoms with E-state index < -0.39 is 6.04 Å². The van der Waals surface area contributed by atoms with Gasteiger partial charge in [0.25, 0.3) is 0 Å². The Morgan fingerprint density at radius 3 is 2.73 bits per heavy atom. The van der Waals surface area contributed by atoms with Gasteiger partial charge in [0.1, 0.15) is 12.4 Å². The maximum Gasteiger partial charge on any atom is 0.239 e. The summed E-state index contributed by atoms with van der Waals surface area (Å²) in [6.45, 7) is 0.494. The van der Waals surface area contributed by atoms with Gasteiger partial charge in [-0.3, -0.25) is 14.4 Å². The van der Waals surface area contributed by atoms with Gasteiger partial charge in [0.15, 0.2) is 5.78 Å². The van der Waals surface area contributed by atoms with Gasteiger partial charge in [-0.15, -0.1) is 0 Å². The summed E-state index contributed by atoms with van der Waals surface area (Å²) in [5.74, 6) is -0.130. The molecule has 9 nitrogen and oxygen atoms in total. The van der Waals surface area contributed by atoms with Gasteiger partial charge < -0.3 is 30.4 Å². The van der Waals surface area contributed by atoms with Gasteiger partial charge >= 0.3 is 0 Å². The molecule has 2 aliphatic rings. The SMILES string of the molecule is COCC(=O)C(CC1CCNC1=O)NC(=O)CNC(=C1CC1)c1cc2c(OC)cccc2[nH]1. The van der Waals surface area contributed by atoms with Crippen LogP contribution in [0.4, 0.5) is 0 Å². The number of Topliss-reactive ketones (excluding diaryl/α,β-unsaturated/α-hetero) is 1. The fourth-order valence-corrected chi connectivity index (χ4v) is 4.25. The number of ketones is 1. The first-order valence-corrected chi connectivity index (χ1v) is 11.2. The maximum atomic E-state index is 12.7. The molecule has 1 aromatic carbocycles. The lowest BCUT2D eigenvalue weighted by molar-refractivity contribution is -0.130. The summed E-state index contributed by atoms with van der Waals surface area (Å²) in [7, 11) is 3.07. The third-order valence-electron chi connectivity index (χ3n) is 6.09. The minimum absolute atomic E-state index is 0.0129. The van der Waals surface area contributed by atoms with Crippen molar-refractivity contribution in [2.45, 2.75) is 31.7 Å². The molecule has 4 rings (SSSR count). The van der Waals surface area contributed by atoms with Crippen molar-refractivity contribution in [3.8, 4) is 5.75 Å². The zero-order valence-corrected chi connectivity index (χ0v) is 19.0. The highest BCUT2D eigenvalue weighted by molar-refractivity contribution is 5.93. The molecule has 2 amide bonds. The van der Waals surface area contributed by atoms with E-state index in [4.69, 9.17) is 9.47 Å². The van der Waals surface area contributed by atoms with Crippen LogP contribution in [0.5, 0.6) is 5.75 Å². The van der Waals surface area contributed by atoms with E-state index in [1.54, 1.807) is 7.11 Å².